The summed E-state index contributed by atoms with van der Waals surface area (Å²) in [5.41, 5.74) is 5.74. The Kier molecular flexibility index (Phi) is 6.39. The van der Waals surface area contributed by atoms with Crippen molar-refractivity contribution >= 4 is 43.1 Å². The topological polar surface area (TPSA) is 77.8 Å². The number of hydrogen-bond acceptors (Lipinski definition) is 6. The molecule has 0 amide bonds. The van der Waals surface area contributed by atoms with E-state index >= 15 is 0 Å². The van der Waals surface area contributed by atoms with Crippen LogP contribution < -0.4 is 0 Å². The van der Waals surface area contributed by atoms with E-state index in [1.54, 1.807) is 0 Å². The Morgan fingerprint density at radius 2 is 0.560 bits per heavy atom. The minimum absolute atomic E-state index is 0.477. The molecule has 10 aromatic rings. The molecule has 0 spiro atoms. The van der Waals surface area contributed by atoms with E-state index in [1.165, 1.54) is 0 Å². The molecule has 0 aliphatic carbocycles. The Bertz CT molecular complexity index is 2560. The number of fused-ring (bicyclic) bond motifs is 4. The van der Waals surface area contributed by atoms with Crippen molar-refractivity contribution in [3.8, 4) is 56.9 Å². The van der Waals surface area contributed by atoms with Crippen molar-refractivity contribution in [1.29, 1.82) is 0 Å². The van der Waals surface area contributed by atoms with Crippen molar-refractivity contribution in [3.05, 3.63) is 158 Å². The zero-order chi connectivity index (χ0) is 33.0. The molecule has 8 aromatic carbocycles. The number of nitrogens with zero attached hydrogens (tertiary/aromatic N) is 4. The fourth-order valence-electron chi connectivity index (χ4n) is 6.98. The van der Waals surface area contributed by atoms with Gasteiger partial charge in [-0.15, -0.1) is 20.4 Å². The SMILES string of the molecule is c1ccc2c(-c3nnc(-c4ccc(-c5ccc(-c6nnc(-c7c8ccccc8cc8ccccc78)o6)cc5)cc4)o3)c3ccccc3cc2c1. The van der Waals surface area contributed by atoms with Gasteiger partial charge in [-0.1, -0.05) is 121 Å². The molecular weight excluding hydrogens is 617 g/mol. The van der Waals surface area contributed by atoms with Gasteiger partial charge in [0.1, 0.15) is 0 Å². The van der Waals surface area contributed by atoms with Crippen LogP contribution in [-0.2, 0) is 0 Å². The van der Waals surface area contributed by atoms with Gasteiger partial charge in [0.25, 0.3) is 0 Å². The third kappa shape index (κ3) is 4.65. The Balaban J connectivity index is 0.935. The van der Waals surface area contributed by atoms with Crippen LogP contribution in [0.2, 0.25) is 0 Å². The molecule has 50 heavy (non-hydrogen) atoms. The van der Waals surface area contributed by atoms with Gasteiger partial charge in [-0.3, -0.25) is 0 Å². The summed E-state index contributed by atoms with van der Waals surface area (Å²) in [6.07, 6.45) is 0. The summed E-state index contributed by atoms with van der Waals surface area (Å²) in [6, 6.07) is 53.9. The summed E-state index contributed by atoms with van der Waals surface area (Å²) >= 11 is 0. The van der Waals surface area contributed by atoms with Crippen LogP contribution in [0.1, 0.15) is 0 Å². The van der Waals surface area contributed by atoms with Crippen LogP contribution in [0.25, 0.3) is 100 Å². The molecule has 0 N–H and O–H groups in total. The lowest BCUT2D eigenvalue weighted by atomic mass is 9.97. The minimum atomic E-state index is 0.477. The highest BCUT2D eigenvalue weighted by Crippen LogP contribution is 2.39. The quantitative estimate of drug-likeness (QED) is 0.174. The van der Waals surface area contributed by atoms with Gasteiger partial charge in [0.15, 0.2) is 0 Å². The summed E-state index contributed by atoms with van der Waals surface area (Å²) in [7, 11) is 0. The number of rotatable bonds is 5. The number of aromatic nitrogens is 4. The highest BCUT2D eigenvalue weighted by atomic mass is 16.4. The lowest BCUT2D eigenvalue weighted by Gasteiger charge is -2.08. The van der Waals surface area contributed by atoms with Crippen LogP contribution in [0.4, 0.5) is 0 Å². The highest BCUT2D eigenvalue weighted by molar-refractivity contribution is 6.12. The minimum Gasteiger partial charge on any atom is -0.416 e. The fraction of sp³-hybridized carbons (Fsp3) is 0. The predicted molar refractivity (Wildman–Crippen MR) is 199 cm³/mol. The van der Waals surface area contributed by atoms with E-state index < -0.39 is 0 Å². The van der Waals surface area contributed by atoms with Crippen molar-refractivity contribution in [1.82, 2.24) is 20.4 Å². The molecule has 0 atom stereocenters. The highest BCUT2D eigenvalue weighted by Gasteiger charge is 2.19. The second kappa shape index (κ2) is 11.4. The molecule has 6 nitrogen and oxygen atoms in total. The molecule has 234 valence electrons. The van der Waals surface area contributed by atoms with Gasteiger partial charge in [-0.25, -0.2) is 0 Å². The molecule has 0 saturated heterocycles. The van der Waals surface area contributed by atoms with E-state index in [9.17, 15) is 0 Å². The predicted octanol–water partition coefficient (Wildman–Crippen LogP) is 11.4. The molecule has 2 heterocycles. The maximum Gasteiger partial charge on any atom is 0.249 e. The average molecular weight is 643 g/mol. The third-order valence-corrected chi connectivity index (χ3v) is 9.42. The van der Waals surface area contributed by atoms with Gasteiger partial charge in [-0.05, 0) is 90.6 Å². The molecule has 0 saturated carbocycles. The Morgan fingerprint density at radius 1 is 0.280 bits per heavy atom. The van der Waals surface area contributed by atoms with Crippen LogP contribution in [-0.4, -0.2) is 20.4 Å². The molecular formula is C44H26N4O2. The normalized spacial score (nSPS) is 11.6. The number of hydrogen-bond donors (Lipinski definition) is 0. The van der Waals surface area contributed by atoms with Gasteiger partial charge in [0.05, 0.1) is 11.1 Å². The molecule has 10 rings (SSSR count). The first-order valence-electron chi connectivity index (χ1n) is 16.5. The van der Waals surface area contributed by atoms with Crippen LogP contribution in [0.5, 0.6) is 0 Å². The lowest BCUT2D eigenvalue weighted by molar-refractivity contribution is 0.585. The second-order valence-electron chi connectivity index (χ2n) is 12.4. The largest absolute Gasteiger partial charge is 0.416 e. The van der Waals surface area contributed by atoms with Crippen molar-refractivity contribution in [2.45, 2.75) is 0 Å². The first kappa shape index (κ1) is 28.1. The van der Waals surface area contributed by atoms with E-state index in [2.05, 4.69) is 105 Å². The zero-order valence-electron chi connectivity index (χ0n) is 26.6. The van der Waals surface area contributed by atoms with Crippen LogP contribution in [0.3, 0.4) is 0 Å². The van der Waals surface area contributed by atoms with Crippen molar-refractivity contribution < 1.29 is 8.83 Å². The van der Waals surface area contributed by atoms with Crippen molar-refractivity contribution in [2.24, 2.45) is 0 Å². The maximum atomic E-state index is 6.32. The van der Waals surface area contributed by atoms with E-state index in [0.29, 0.717) is 23.6 Å². The van der Waals surface area contributed by atoms with Crippen LogP contribution in [0.15, 0.2) is 167 Å². The third-order valence-electron chi connectivity index (χ3n) is 9.42. The first-order chi connectivity index (χ1) is 24.8. The van der Waals surface area contributed by atoms with E-state index in [-0.39, 0.29) is 0 Å². The Morgan fingerprint density at radius 3 is 0.900 bits per heavy atom. The zero-order valence-corrected chi connectivity index (χ0v) is 26.6. The molecule has 6 heteroatoms. The summed E-state index contributed by atoms with van der Waals surface area (Å²) in [6.45, 7) is 0. The fourth-order valence-corrected chi connectivity index (χ4v) is 6.98. The summed E-state index contributed by atoms with van der Waals surface area (Å²) in [4.78, 5) is 0. The maximum absolute atomic E-state index is 6.32. The molecule has 0 aliphatic heterocycles. The van der Waals surface area contributed by atoms with Crippen LogP contribution in [0, 0.1) is 0 Å². The van der Waals surface area contributed by atoms with Gasteiger partial charge >= 0.3 is 0 Å². The standard InChI is InChI=1S/C44H26N4O2/c1-5-13-35-31(9-1)25-32-10-2-6-14-36(32)39(35)43-47-45-41(49-43)29-21-17-27(18-22-29)28-19-23-30(24-20-28)42-46-48-44(50-42)40-37-15-7-3-11-33(37)26-34-12-4-8-16-38(34)40/h1-26H. The van der Waals surface area contributed by atoms with E-state index in [4.69, 9.17) is 8.83 Å². The Labute approximate surface area is 286 Å². The smallest absolute Gasteiger partial charge is 0.249 e. The summed E-state index contributed by atoms with van der Waals surface area (Å²) < 4.78 is 12.6. The summed E-state index contributed by atoms with van der Waals surface area (Å²) in [5.74, 6) is 1.96. The monoisotopic (exact) mass is 642 g/mol. The molecule has 0 unspecified atom stereocenters. The van der Waals surface area contributed by atoms with Crippen LogP contribution >= 0.6 is 0 Å². The molecule has 2 aromatic heterocycles. The first-order valence-corrected chi connectivity index (χ1v) is 16.5. The number of benzene rings is 8. The molecule has 0 radical (unpaired) electrons. The van der Waals surface area contributed by atoms with Crippen molar-refractivity contribution in [3.63, 3.8) is 0 Å². The molecule has 0 aliphatic rings. The average Bonchev–Trinajstić information content (AvgIpc) is 3.87. The van der Waals surface area contributed by atoms with Gasteiger partial charge in [0, 0.05) is 11.1 Å². The molecule has 0 bridgehead atoms. The van der Waals surface area contributed by atoms with Gasteiger partial charge in [0.2, 0.25) is 23.6 Å². The van der Waals surface area contributed by atoms with E-state index in [1.807, 2.05) is 72.8 Å². The lowest BCUT2D eigenvalue weighted by Crippen LogP contribution is -1.85. The summed E-state index contributed by atoms with van der Waals surface area (Å²) in [5, 5.41) is 26.7. The van der Waals surface area contributed by atoms with Gasteiger partial charge in [-0.2, -0.15) is 0 Å². The van der Waals surface area contributed by atoms with Gasteiger partial charge < -0.3 is 8.83 Å². The second-order valence-corrected chi connectivity index (χ2v) is 12.4. The Hall–Kier alpha value is -6.92. The van der Waals surface area contributed by atoms with Crippen molar-refractivity contribution in [2.75, 3.05) is 0 Å². The van der Waals surface area contributed by atoms with E-state index in [0.717, 1.165) is 76.5 Å². The molecule has 0 fully saturated rings.